The maximum atomic E-state index is 11.9. The molecule has 0 bridgehead atoms. The van der Waals surface area contributed by atoms with E-state index in [9.17, 15) is 14.9 Å². The number of anilines is 1. The third kappa shape index (κ3) is 7.50. The van der Waals surface area contributed by atoms with Crippen molar-refractivity contribution < 1.29 is 9.72 Å². The molecular formula is C16H25ClN4O3S. The molecule has 140 valence electrons. The molecule has 1 saturated heterocycles. The third-order valence-corrected chi connectivity index (χ3v) is 4.90. The van der Waals surface area contributed by atoms with E-state index in [0.29, 0.717) is 31.6 Å². The number of aryl methyl sites for hydroxylation is 1. The van der Waals surface area contributed by atoms with Gasteiger partial charge in [-0.1, -0.05) is 6.07 Å². The van der Waals surface area contributed by atoms with Crippen molar-refractivity contribution in [3.63, 3.8) is 0 Å². The fourth-order valence-corrected chi connectivity index (χ4v) is 3.48. The van der Waals surface area contributed by atoms with Crippen LogP contribution in [0, 0.1) is 17.0 Å². The first kappa shape index (κ1) is 21.5. The molecule has 9 heteroatoms. The van der Waals surface area contributed by atoms with Gasteiger partial charge < -0.3 is 16.0 Å². The molecule has 2 rings (SSSR count). The van der Waals surface area contributed by atoms with E-state index in [1.165, 1.54) is 0 Å². The molecule has 1 aromatic rings. The SMILES string of the molecule is Cc1ccc(NCCCNC(=O)CC2CSCCN2)c([N+](=O)[O-])c1.Cl. The van der Waals surface area contributed by atoms with E-state index in [4.69, 9.17) is 0 Å². The van der Waals surface area contributed by atoms with E-state index >= 15 is 0 Å². The van der Waals surface area contributed by atoms with E-state index < -0.39 is 0 Å². The van der Waals surface area contributed by atoms with Gasteiger partial charge in [0.25, 0.3) is 5.69 Å². The summed E-state index contributed by atoms with van der Waals surface area (Å²) in [5.41, 5.74) is 1.45. The van der Waals surface area contributed by atoms with Crippen LogP contribution in [-0.2, 0) is 4.79 Å². The quantitative estimate of drug-likeness (QED) is 0.359. The third-order valence-electron chi connectivity index (χ3n) is 3.77. The number of nitro groups is 1. The highest BCUT2D eigenvalue weighted by Gasteiger charge is 2.16. The fraction of sp³-hybridized carbons (Fsp3) is 0.562. The van der Waals surface area contributed by atoms with Crippen LogP contribution in [0.3, 0.4) is 0 Å². The fourth-order valence-electron chi connectivity index (χ4n) is 2.53. The van der Waals surface area contributed by atoms with Gasteiger partial charge in [0.1, 0.15) is 5.69 Å². The molecule has 1 fully saturated rings. The Labute approximate surface area is 158 Å². The van der Waals surface area contributed by atoms with E-state index in [1.807, 2.05) is 24.8 Å². The Hall–Kier alpha value is -1.51. The van der Waals surface area contributed by atoms with Gasteiger partial charge in [-0.2, -0.15) is 11.8 Å². The zero-order valence-electron chi connectivity index (χ0n) is 14.2. The molecule has 1 unspecified atom stereocenters. The number of nitrogens with one attached hydrogen (secondary N) is 3. The second-order valence-electron chi connectivity index (χ2n) is 5.84. The number of nitro benzene ring substituents is 1. The van der Waals surface area contributed by atoms with E-state index in [1.54, 1.807) is 12.1 Å². The summed E-state index contributed by atoms with van der Waals surface area (Å²) in [6, 6.07) is 5.38. The Bertz CT molecular complexity index is 582. The van der Waals surface area contributed by atoms with Crippen LogP contribution in [0.25, 0.3) is 0 Å². The number of hydrogen-bond donors (Lipinski definition) is 3. The average Bonchev–Trinajstić information content (AvgIpc) is 2.56. The number of hydrogen-bond acceptors (Lipinski definition) is 6. The van der Waals surface area contributed by atoms with Crippen LogP contribution in [0.4, 0.5) is 11.4 Å². The molecule has 0 spiro atoms. The monoisotopic (exact) mass is 388 g/mol. The number of carbonyl (C=O) groups is 1. The van der Waals surface area contributed by atoms with Crippen LogP contribution >= 0.6 is 24.2 Å². The van der Waals surface area contributed by atoms with Crippen molar-refractivity contribution in [2.75, 3.05) is 36.5 Å². The molecule has 0 aliphatic carbocycles. The average molecular weight is 389 g/mol. The molecule has 0 aromatic heterocycles. The zero-order chi connectivity index (χ0) is 17.4. The smallest absolute Gasteiger partial charge is 0.292 e. The summed E-state index contributed by atoms with van der Waals surface area (Å²) in [5, 5.41) is 20.3. The molecule has 1 heterocycles. The molecule has 0 saturated carbocycles. The van der Waals surface area contributed by atoms with Gasteiger partial charge in [-0.05, 0) is 25.0 Å². The topological polar surface area (TPSA) is 96.3 Å². The largest absolute Gasteiger partial charge is 0.379 e. The predicted octanol–water partition coefficient (Wildman–Crippen LogP) is 2.34. The molecule has 3 N–H and O–H groups in total. The number of amides is 1. The minimum absolute atomic E-state index is 0. The van der Waals surface area contributed by atoms with E-state index in [2.05, 4.69) is 16.0 Å². The lowest BCUT2D eigenvalue weighted by Gasteiger charge is -2.22. The Kier molecular flexibility index (Phi) is 9.62. The summed E-state index contributed by atoms with van der Waals surface area (Å²) < 4.78 is 0. The van der Waals surface area contributed by atoms with Gasteiger partial charge in [0.05, 0.1) is 4.92 Å². The summed E-state index contributed by atoms with van der Waals surface area (Å²) in [6.45, 7) is 3.92. The lowest BCUT2D eigenvalue weighted by molar-refractivity contribution is -0.384. The number of halogens is 1. The first-order chi connectivity index (χ1) is 11.6. The Morgan fingerprint density at radius 3 is 2.92 bits per heavy atom. The summed E-state index contributed by atoms with van der Waals surface area (Å²) in [5.74, 6) is 2.14. The molecule has 1 amide bonds. The molecular weight excluding hydrogens is 364 g/mol. The lowest BCUT2D eigenvalue weighted by Crippen LogP contribution is -2.41. The van der Waals surface area contributed by atoms with Crippen molar-refractivity contribution in [1.82, 2.24) is 10.6 Å². The summed E-state index contributed by atoms with van der Waals surface area (Å²) >= 11 is 1.87. The summed E-state index contributed by atoms with van der Waals surface area (Å²) in [7, 11) is 0. The molecule has 1 aliphatic rings. The second kappa shape index (κ2) is 11.2. The Morgan fingerprint density at radius 1 is 1.44 bits per heavy atom. The molecule has 1 aromatic carbocycles. The van der Waals surface area contributed by atoms with Gasteiger partial charge >= 0.3 is 0 Å². The standard InChI is InChI=1S/C16H24N4O3S.ClH/c1-12-3-4-14(15(9-12)20(22)23)18-5-2-6-19-16(21)10-13-11-24-8-7-17-13;/h3-4,9,13,17-18H,2,5-8,10-11H2,1H3,(H,19,21);1H. The predicted molar refractivity (Wildman–Crippen MR) is 105 cm³/mol. The van der Waals surface area contributed by atoms with Gasteiger partial charge in [0.15, 0.2) is 0 Å². The first-order valence-corrected chi connectivity index (χ1v) is 9.28. The first-order valence-electron chi connectivity index (χ1n) is 8.13. The molecule has 0 radical (unpaired) electrons. The van der Waals surface area contributed by atoms with E-state index in [0.717, 1.165) is 23.6 Å². The molecule has 1 aliphatic heterocycles. The van der Waals surface area contributed by atoms with Crippen molar-refractivity contribution >= 4 is 41.5 Å². The van der Waals surface area contributed by atoms with Crippen LogP contribution in [0.5, 0.6) is 0 Å². The van der Waals surface area contributed by atoms with Gasteiger partial charge in [0.2, 0.25) is 5.91 Å². The number of rotatable bonds is 8. The van der Waals surface area contributed by atoms with Crippen LogP contribution in [0.15, 0.2) is 18.2 Å². The van der Waals surface area contributed by atoms with E-state index in [-0.39, 0.29) is 35.0 Å². The van der Waals surface area contributed by atoms with Crippen molar-refractivity contribution in [3.8, 4) is 0 Å². The highest BCUT2D eigenvalue weighted by Crippen LogP contribution is 2.25. The van der Waals surface area contributed by atoms with Gasteiger partial charge in [-0.25, -0.2) is 0 Å². The van der Waals surface area contributed by atoms with Crippen molar-refractivity contribution in [2.24, 2.45) is 0 Å². The number of thioether (sulfide) groups is 1. The number of nitrogens with zero attached hydrogens (tertiary/aromatic N) is 1. The van der Waals surface area contributed by atoms with Crippen LogP contribution in [0.2, 0.25) is 0 Å². The van der Waals surface area contributed by atoms with Crippen LogP contribution < -0.4 is 16.0 Å². The lowest BCUT2D eigenvalue weighted by atomic mass is 10.2. The molecule has 7 nitrogen and oxygen atoms in total. The summed E-state index contributed by atoms with van der Waals surface area (Å²) in [4.78, 5) is 22.5. The van der Waals surface area contributed by atoms with Gasteiger partial charge in [0, 0.05) is 49.7 Å². The van der Waals surface area contributed by atoms with Crippen molar-refractivity contribution in [3.05, 3.63) is 33.9 Å². The van der Waals surface area contributed by atoms with Crippen LogP contribution in [0.1, 0.15) is 18.4 Å². The summed E-state index contributed by atoms with van der Waals surface area (Å²) in [6.07, 6.45) is 1.22. The van der Waals surface area contributed by atoms with Crippen molar-refractivity contribution in [1.29, 1.82) is 0 Å². The highest BCUT2D eigenvalue weighted by molar-refractivity contribution is 7.99. The Morgan fingerprint density at radius 2 is 2.24 bits per heavy atom. The second-order valence-corrected chi connectivity index (χ2v) is 6.99. The normalized spacial score (nSPS) is 16.6. The maximum absolute atomic E-state index is 11.9. The minimum Gasteiger partial charge on any atom is -0.379 e. The Balaban J connectivity index is 0.00000312. The number of benzene rings is 1. The number of carbonyl (C=O) groups excluding carboxylic acids is 1. The molecule has 25 heavy (non-hydrogen) atoms. The van der Waals surface area contributed by atoms with Crippen molar-refractivity contribution in [2.45, 2.75) is 25.8 Å². The molecule has 1 atom stereocenters. The van der Waals surface area contributed by atoms with Gasteiger partial charge in [-0.15, -0.1) is 12.4 Å². The van der Waals surface area contributed by atoms with Crippen LogP contribution in [-0.4, -0.2) is 48.0 Å². The highest BCUT2D eigenvalue weighted by atomic mass is 35.5. The minimum atomic E-state index is -0.383. The maximum Gasteiger partial charge on any atom is 0.292 e. The van der Waals surface area contributed by atoms with Gasteiger partial charge in [-0.3, -0.25) is 14.9 Å². The zero-order valence-corrected chi connectivity index (χ0v) is 15.9.